The van der Waals surface area contributed by atoms with E-state index < -0.39 is 78.6 Å². The highest BCUT2D eigenvalue weighted by molar-refractivity contribution is 5.98. The number of aliphatic imine (C=N–C) groups is 1. The highest BCUT2D eigenvalue weighted by atomic mass is 16.4. The van der Waals surface area contributed by atoms with Gasteiger partial charge in [-0.2, -0.15) is 0 Å². The van der Waals surface area contributed by atoms with Gasteiger partial charge in [0.15, 0.2) is 5.96 Å². The lowest BCUT2D eigenvalue weighted by molar-refractivity contribution is -0.141. The maximum Gasteiger partial charge on any atom is 0.305 e. The van der Waals surface area contributed by atoms with Gasteiger partial charge in [0.25, 0.3) is 0 Å². The summed E-state index contributed by atoms with van der Waals surface area (Å²) in [4.78, 5) is 80.7. The van der Waals surface area contributed by atoms with Crippen molar-refractivity contribution in [1.82, 2.24) is 26.6 Å². The third kappa shape index (κ3) is 11.1. The van der Waals surface area contributed by atoms with E-state index in [1.165, 1.54) is 0 Å². The van der Waals surface area contributed by atoms with Gasteiger partial charge in [0, 0.05) is 13.0 Å². The normalized spacial score (nSPS) is 22.7. The number of nitrogens with two attached hydrogens (primary N) is 2. The molecule has 0 spiro atoms. The quantitative estimate of drug-likeness (QED) is 0.0879. The highest BCUT2D eigenvalue weighted by Crippen LogP contribution is 2.09. The first-order valence-electron chi connectivity index (χ1n) is 13.2. The molecule has 0 radical (unpaired) electrons. The Morgan fingerprint density at radius 1 is 0.902 bits per heavy atom. The van der Waals surface area contributed by atoms with Gasteiger partial charge in [-0.1, -0.05) is 44.2 Å². The molecule has 224 valence electrons. The predicted octanol–water partition coefficient (Wildman–Crippen LogP) is -2.52. The van der Waals surface area contributed by atoms with Crippen molar-refractivity contribution in [3.63, 3.8) is 0 Å². The van der Waals surface area contributed by atoms with Crippen molar-refractivity contribution >= 4 is 41.5 Å². The Morgan fingerprint density at radius 3 is 2.15 bits per heavy atom. The molecule has 1 aromatic carbocycles. The van der Waals surface area contributed by atoms with Crippen LogP contribution in [-0.4, -0.2) is 83.8 Å². The molecule has 0 aromatic heterocycles. The van der Waals surface area contributed by atoms with Crippen molar-refractivity contribution in [2.75, 3.05) is 13.1 Å². The van der Waals surface area contributed by atoms with Crippen molar-refractivity contribution in [3.8, 4) is 0 Å². The summed E-state index contributed by atoms with van der Waals surface area (Å²) in [7, 11) is 0. The molecule has 0 saturated carbocycles. The van der Waals surface area contributed by atoms with Crippen LogP contribution in [0.25, 0.3) is 0 Å². The lowest BCUT2D eigenvalue weighted by Gasteiger charge is -2.27. The van der Waals surface area contributed by atoms with E-state index in [1.54, 1.807) is 44.2 Å². The van der Waals surface area contributed by atoms with Gasteiger partial charge < -0.3 is 43.2 Å². The lowest BCUT2D eigenvalue weighted by atomic mass is 10.00. The van der Waals surface area contributed by atoms with Gasteiger partial charge in [-0.3, -0.25) is 33.8 Å². The van der Waals surface area contributed by atoms with Crippen molar-refractivity contribution in [3.05, 3.63) is 35.9 Å². The number of guanidine groups is 1. The van der Waals surface area contributed by atoms with E-state index in [-0.39, 0.29) is 25.3 Å². The van der Waals surface area contributed by atoms with Crippen LogP contribution in [0.4, 0.5) is 0 Å². The Kier molecular flexibility index (Phi) is 12.5. The average Bonchev–Trinajstić information content (AvgIpc) is 2.90. The summed E-state index contributed by atoms with van der Waals surface area (Å²) in [5.41, 5.74) is 11.4. The lowest BCUT2D eigenvalue weighted by Crippen LogP contribution is -2.59. The van der Waals surface area contributed by atoms with Crippen LogP contribution in [0.15, 0.2) is 35.3 Å². The third-order valence-corrected chi connectivity index (χ3v) is 6.19. The zero-order valence-electron chi connectivity index (χ0n) is 23.0. The second kappa shape index (κ2) is 15.8. The molecular formula is C26H38N8O7. The fourth-order valence-electron chi connectivity index (χ4n) is 4.07. The van der Waals surface area contributed by atoms with Gasteiger partial charge in [-0.25, -0.2) is 0 Å². The van der Waals surface area contributed by atoms with Gasteiger partial charge >= 0.3 is 5.97 Å². The van der Waals surface area contributed by atoms with Crippen LogP contribution in [-0.2, 0) is 35.2 Å². The minimum absolute atomic E-state index is 0.0199. The summed E-state index contributed by atoms with van der Waals surface area (Å²) >= 11 is 0. The number of carbonyl (C=O) groups is 6. The Bertz CT molecular complexity index is 1140. The maximum absolute atomic E-state index is 13.4. The van der Waals surface area contributed by atoms with E-state index in [9.17, 15) is 33.9 Å². The molecule has 5 amide bonds. The minimum atomic E-state index is -1.54. The fourth-order valence-corrected chi connectivity index (χ4v) is 4.07. The highest BCUT2D eigenvalue weighted by Gasteiger charge is 2.34. The van der Waals surface area contributed by atoms with Gasteiger partial charge in [-0.05, 0) is 24.3 Å². The van der Waals surface area contributed by atoms with Crippen LogP contribution in [0, 0.1) is 5.92 Å². The van der Waals surface area contributed by atoms with Crippen LogP contribution < -0.4 is 38.1 Å². The number of benzene rings is 1. The summed E-state index contributed by atoms with van der Waals surface area (Å²) in [5, 5.41) is 21.8. The molecule has 41 heavy (non-hydrogen) atoms. The first-order valence-corrected chi connectivity index (χ1v) is 13.2. The largest absolute Gasteiger partial charge is 0.481 e. The smallest absolute Gasteiger partial charge is 0.305 e. The molecule has 1 saturated heterocycles. The summed E-state index contributed by atoms with van der Waals surface area (Å²) in [6, 6.07) is 3.79. The number of aliphatic carboxylic acids is 1. The number of nitrogens with zero attached hydrogens (tertiary/aromatic N) is 1. The van der Waals surface area contributed by atoms with Gasteiger partial charge in [0.2, 0.25) is 29.5 Å². The van der Waals surface area contributed by atoms with E-state index in [0.29, 0.717) is 12.0 Å². The number of amides is 5. The molecule has 15 heteroatoms. The topological polar surface area (TPSA) is 247 Å². The molecule has 0 aliphatic carbocycles. The average molecular weight is 575 g/mol. The molecule has 1 aromatic rings. The zero-order chi connectivity index (χ0) is 30.5. The number of hydrogen-bond donors (Lipinski definition) is 8. The Balaban J connectivity index is 2.43. The summed E-state index contributed by atoms with van der Waals surface area (Å²) in [5.74, 6) is -5.75. The standard InChI is InChI=1S/C26H38N8O7/c1-14(2)21-25(41)32-16(9-6-10-29-26(27)28)22(38)30-13-19(35)31-18(12-20(36)37)23(39)33-17(24(40)34-21)11-15-7-4-3-5-8-15/h3-5,7-8,14,16-18,21H,6,9-13H2,1-2H3,(H,30,38)(H,31,35)(H,32,41)(H,33,39)(H,34,40)(H,36,37)(H4,27,28,29)/t16-,17-,18+,21-/m0/s1. The number of nitrogens with one attached hydrogen (secondary N) is 5. The monoisotopic (exact) mass is 574 g/mol. The van der Waals surface area contributed by atoms with Crippen LogP contribution in [0.3, 0.4) is 0 Å². The molecule has 0 bridgehead atoms. The predicted molar refractivity (Wildman–Crippen MR) is 148 cm³/mol. The van der Waals surface area contributed by atoms with Crippen molar-refractivity contribution in [2.45, 2.75) is 63.7 Å². The molecule has 10 N–H and O–H groups in total. The van der Waals surface area contributed by atoms with Crippen molar-refractivity contribution < 1.29 is 33.9 Å². The molecule has 2 rings (SSSR count). The minimum Gasteiger partial charge on any atom is -0.481 e. The van der Waals surface area contributed by atoms with E-state index in [2.05, 4.69) is 31.6 Å². The summed E-state index contributed by atoms with van der Waals surface area (Å²) < 4.78 is 0. The molecule has 1 fully saturated rings. The van der Waals surface area contributed by atoms with Crippen LogP contribution in [0.1, 0.15) is 38.7 Å². The third-order valence-electron chi connectivity index (χ3n) is 6.19. The molecule has 1 aliphatic heterocycles. The molecule has 0 unspecified atom stereocenters. The summed E-state index contributed by atoms with van der Waals surface area (Å²) in [6.07, 6.45) is -0.341. The Morgan fingerprint density at radius 2 is 1.54 bits per heavy atom. The first kappa shape index (κ1) is 32.5. The Labute approximate surface area is 237 Å². The van der Waals surface area contributed by atoms with E-state index in [1.807, 2.05) is 0 Å². The molecular weight excluding hydrogens is 536 g/mol. The SMILES string of the molecule is CC(C)[C@@H]1NC(=O)[C@H](Cc2ccccc2)NC(=O)[C@@H](CC(=O)O)NC(=O)CNC(=O)[C@H](CCCN=C(N)N)NC1=O. The van der Waals surface area contributed by atoms with Gasteiger partial charge in [0.05, 0.1) is 13.0 Å². The van der Waals surface area contributed by atoms with E-state index in [0.717, 1.165) is 0 Å². The van der Waals surface area contributed by atoms with E-state index in [4.69, 9.17) is 11.5 Å². The molecule has 1 heterocycles. The summed E-state index contributed by atoms with van der Waals surface area (Å²) in [6.45, 7) is 2.98. The number of hydrogen-bond acceptors (Lipinski definition) is 7. The van der Waals surface area contributed by atoms with Gasteiger partial charge in [0.1, 0.15) is 24.2 Å². The zero-order valence-corrected chi connectivity index (χ0v) is 23.0. The van der Waals surface area contributed by atoms with Crippen LogP contribution in [0.2, 0.25) is 0 Å². The fraction of sp³-hybridized carbons (Fsp3) is 0.500. The number of carboxylic acids is 1. The second-order valence-electron chi connectivity index (χ2n) is 9.93. The number of carbonyl (C=O) groups excluding carboxylic acids is 5. The van der Waals surface area contributed by atoms with Crippen LogP contribution in [0.5, 0.6) is 0 Å². The number of carboxylic acid groups (broad SMARTS) is 1. The molecule has 4 atom stereocenters. The number of rotatable bonds is 9. The molecule has 15 nitrogen and oxygen atoms in total. The Hall–Kier alpha value is -4.69. The van der Waals surface area contributed by atoms with Crippen molar-refractivity contribution in [2.24, 2.45) is 22.4 Å². The molecule has 1 aliphatic rings. The van der Waals surface area contributed by atoms with Crippen LogP contribution >= 0.6 is 0 Å². The van der Waals surface area contributed by atoms with E-state index >= 15 is 0 Å². The van der Waals surface area contributed by atoms with Crippen molar-refractivity contribution in [1.29, 1.82) is 0 Å². The second-order valence-corrected chi connectivity index (χ2v) is 9.93. The van der Waals surface area contributed by atoms with Gasteiger partial charge in [-0.15, -0.1) is 0 Å². The maximum atomic E-state index is 13.4. The first-order chi connectivity index (χ1) is 19.4.